The van der Waals surface area contributed by atoms with Crippen LogP contribution in [0.2, 0.25) is 0 Å². The van der Waals surface area contributed by atoms with Gasteiger partial charge >= 0.3 is 0 Å². The zero-order valence-corrected chi connectivity index (χ0v) is 14.7. The molecule has 1 atom stereocenters. The Kier molecular flexibility index (Phi) is 6.35. The lowest BCUT2D eigenvalue weighted by Crippen LogP contribution is -2.49. The summed E-state index contributed by atoms with van der Waals surface area (Å²) in [5.41, 5.74) is 1.24. The van der Waals surface area contributed by atoms with Gasteiger partial charge in [0, 0.05) is 38.4 Å². The van der Waals surface area contributed by atoms with Crippen LogP contribution >= 0.6 is 0 Å². The van der Waals surface area contributed by atoms with Crippen LogP contribution in [0.4, 0.5) is 5.69 Å². The van der Waals surface area contributed by atoms with Crippen LogP contribution in [0, 0.1) is 0 Å². The van der Waals surface area contributed by atoms with Crippen molar-refractivity contribution in [3.8, 4) is 5.75 Å². The molecule has 1 saturated heterocycles. The normalized spacial score (nSPS) is 21.2. The van der Waals surface area contributed by atoms with Gasteiger partial charge in [-0.2, -0.15) is 0 Å². The second-order valence-corrected chi connectivity index (χ2v) is 6.88. The first-order chi connectivity index (χ1) is 11.7. The molecule has 0 bridgehead atoms. The number of benzene rings is 1. The highest BCUT2D eigenvalue weighted by Gasteiger charge is 2.21. The monoisotopic (exact) mass is 334 g/mol. The van der Waals surface area contributed by atoms with Crippen molar-refractivity contribution in [2.24, 2.45) is 0 Å². The highest BCUT2D eigenvalue weighted by Crippen LogP contribution is 2.22. The number of piperazine rings is 1. The van der Waals surface area contributed by atoms with Crippen molar-refractivity contribution in [3.05, 3.63) is 24.3 Å². The standard InChI is InChI=1S/C19H30N2O3/c1-23-18-8-6-16(7-9-18)21-12-10-20(11-13-21)14-17(22)15-24-19-4-2-3-5-19/h6-9,17,19,22H,2-5,10-15H2,1H3/t17-/m0/s1. The number of anilines is 1. The number of aliphatic hydroxyl groups is 1. The molecule has 3 rings (SSSR count). The topological polar surface area (TPSA) is 45.2 Å². The fraction of sp³-hybridized carbons (Fsp3) is 0.684. The number of ether oxygens (including phenoxy) is 2. The minimum absolute atomic E-state index is 0.377. The Morgan fingerprint density at radius 3 is 2.38 bits per heavy atom. The first kappa shape index (κ1) is 17.5. The third kappa shape index (κ3) is 4.85. The summed E-state index contributed by atoms with van der Waals surface area (Å²) in [5, 5.41) is 10.2. The van der Waals surface area contributed by atoms with Crippen LogP contribution in [0.1, 0.15) is 25.7 Å². The van der Waals surface area contributed by atoms with E-state index in [2.05, 4.69) is 21.9 Å². The molecule has 1 aliphatic heterocycles. The molecule has 5 heteroatoms. The maximum absolute atomic E-state index is 10.2. The Bertz CT molecular complexity index is 480. The van der Waals surface area contributed by atoms with Crippen LogP contribution in [-0.4, -0.2) is 68.7 Å². The van der Waals surface area contributed by atoms with E-state index < -0.39 is 0 Å². The zero-order chi connectivity index (χ0) is 16.8. The van der Waals surface area contributed by atoms with Gasteiger partial charge in [-0.15, -0.1) is 0 Å². The fourth-order valence-electron chi connectivity index (χ4n) is 3.63. The van der Waals surface area contributed by atoms with Crippen molar-refractivity contribution in [3.63, 3.8) is 0 Å². The van der Waals surface area contributed by atoms with Crippen molar-refractivity contribution in [1.82, 2.24) is 4.90 Å². The molecule has 0 unspecified atom stereocenters. The maximum atomic E-state index is 10.2. The minimum Gasteiger partial charge on any atom is -0.497 e. The van der Waals surface area contributed by atoms with Crippen LogP contribution in [0.15, 0.2) is 24.3 Å². The number of rotatable bonds is 7. The molecule has 2 fully saturated rings. The summed E-state index contributed by atoms with van der Waals surface area (Å²) in [6.45, 7) is 5.12. The average molecular weight is 334 g/mol. The molecular formula is C19H30N2O3. The summed E-state index contributed by atoms with van der Waals surface area (Å²) >= 11 is 0. The fourth-order valence-corrected chi connectivity index (χ4v) is 3.63. The Balaban J connectivity index is 1.37. The highest BCUT2D eigenvalue weighted by atomic mass is 16.5. The van der Waals surface area contributed by atoms with Gasteiger partial charge in [0.05, 0.1) is 25.9 Å². The summed E-state index contributed by atoms with van der Waals surface area (Å²) in [6.07, 6.45) is 4.87. The molecule has 1 heterocycles. The Hall–Kier alpha value is -1.30. The van der Waals surface area contributed by atoms with Crippen LogP contribution in [-0.2, 0) is 4.74 Å². The van der Waals surface area contributed by atoms with Crippen LogP contribution in [0.25, 0.3) is 0 Å². The van der Waals surface area contributed by atoms with Gasteiger partial charge in [-0.1, -0.05) is 12.8 Å². The van der Waals surface area contributed by atoms with Crippen LogP contribution < -0.4 is 9.64 Å². The molecule has 1 aromatic carbocycles. The lowest BCUT2D eigenvalue weighted by atomic mass is 10.2. The van der Waals surface area contributed by atoms with Gasteiger partial charge < -0.3 is 19.5 Å². The van der Waals surface area contributed by atoms with E-state index in [0.717, 1.165) is 44.8 Å². The van der Waals surface area contributed by atoms with Crippen molar-refractivity contribution < 1.29 is 14.6 Å². The van der Waals surface area contributed by atoms with E-state index in [9.17, 15) is 5.11 Å². The Morgan fingerprint density at radius 2 is 1.75 bits per heavy atom. The highest BCUT2D eigenvalue weighted by molar-refractivity contribution is 5.49. The van der Waals surface area contributed by atoms with Crippen molar-refractivity contribution >= 4 is 5.69 Å². The summed E-state index contributed by atoms with van der Waals surface area (Å²) < 4.78 is 11.0. The van der Waals surface area contributed by atoms with Crippen molar-refractivity contribution in [2.75, 3.05) is 51.3 Å². The SMILES string of the molecule is COc1ccc(N2CCN(C[C@H](O)COC3CCCC3)CC2)cc1. The quantitative estimate of drug-likeness (QED) is 0.828. The number of hydrogen-bond acceptors (Lipinski definition) is 5. The van der Waals surface area contributed by atoms with Gasteiger partial charge in [-0.3, -0.25) is 4.90 Å². The van der Waals surface area contributed by atoms with Gasteiger partial charge in [-0.05, 0) is 37.1 Å². The first-order valence-corrected chi connectivity index (χ1v) is 9.15. The molecule has 1 saturated carbocycles. The number of β-amino-alcohol motifs (C(OH)–C–C–N with tert-alkyl or cyclic N) is 1. The van der Waals surface area contributed by atoms with E-state index in [4.69, 9.17) is 9.47 Å². The van der Waals surface area contributed by atoms with Crippen LogP contribution in [0.5, 0.6) is 5.75 Å². The third-order valence-electron chi connectivity index (χ3n) is 5.11. The molecule has 0 radical (unpaired) electrons. The van der Waals surface area contributed by atoms with E-state index in [1.165, 1.54) is 18.5 Å². The summed E-state index contributed by atoms with van der Waals surface area (Å²) in [7, 11) is 1.69. The molecule has 0 spiro atoms. The molecule has 5 nitrogen and oxygen atoms in total. The molecular weight excluding hydrogens is 304 g/mol. The second-order valence-electron chi connectivity index (χ2n) is 6.88. The molecule has 134 valence electrons. The number of nitrogens with zero attached hydrogens (tertiary/aromatic N) is 2. The minimum atomic E-state index is -0.377. The zero-order valence-electron chi connectivity index (χ0n) is 14.7. The molecule has 1 aromatic rings. The van der Waals surface area contributed by atoms with Gasteiger partial charge in [0.1, 0.15) is 5.75 Å². The first-order valence-electron chi connectivity index (χ1n) is 9.15. The summed E-state index contributed by atoms with van der Waals surface area (Å²) in [5.74, 6) is 0.891. The van der Waals surface area contributed by atoms with E-state index >= 15 is 0 Å². The van der Waals surface area contributed by atoms with E-state index in [-0.39, 0.29) is 6.10 Å². The maximum Gasteiger partial charge on any atom is 0.119 e. The number of methoxy groups -OCH3 is 1. The van der Waals surface area contributed by atoms with Gasteiger partial charge in [0.15, 0.2) is 0 Å². The van der Waals surface area contributed by atoms with Crippen molar-refractivity contribution in [2.45, 2.75) is 37.9 Å². The van der Waals surface area contributed by atoms with Crippen LogP contribution in [0.3, 0.4) is 0 Å². The predicted octanol–water partition coefficient (Wildman–Crippen LogP) is 2.14. The van der Waals surface area contributed by atoms with Crippen molar-refractivity contribution in [1.29, 1.82) is 0 Å². The Morgan fingerprint density at radius 1 is 1.08 bits per heavy atom. The smallest absolute Gasteiger partial charge is 0.119 e. The lowest BCUT2D eigenvalue weighted by Gasteiger charge is -2.37. The molecule has 24 heavy (non-hydrogen) atoms. The number of aliphatic hydroxyl groups excluding tert-OH is 1. The summed E-state index contributed by atoms with van der Waals surface area (Å²) in [4.78, 5) is 4.72. The van der Waals surface area contributed by atoms with Gasteiger partial charge in [-0.25, -0.2) is 0 Å². The average Bonchev–Trinajstić information content (AvgIpc) is 3.14. The second kappa shape index (κ2) is 8.70. The predicted molar refractivity (Wildman–Crippen MR) is 95.9 cm³/mol. The summed E-state index contributed by atoms with van der Waals surface area (Å²) in [6, 6.07) is 8.23. The third-order valence-corrected chi connectivity index (χ3v) is 5.11. The Labute approximate surface area is 145 Å². The molecule has 1 aliphatic carbocycles. The van der Waals surface area contributed by atoms with E-state index in [1.807, 2.05) is 12.1 Å². The van der Waals surface area contributed by atoms with E-state index in [1.54, 1.807) is 7.11 Å². The van der Waals surface area contributed by atoms with Gasteiger partial charge in [0.2, 0.25) is 0 Å². The lowest BCUT2D eigenvalue weighted by molar-refractivity contribution is -0.0188. The van der Waals surface area contributed by atoms with E-state index in [0.29, 0.717) is 19.3 Å². The largest absolute Gasteiger partial charge is 0.497 e. The number of hydrogen-bond donors (Lipinski definition) is 1. The molecule has 2 aliphatic rings. The molecule has 0 aromatic heterocycles. The molecule has 1 N–H and O–H groups in total. The molecule has 0 amide bonds. The van der Waals surface area contributed by atoms with Gasteiger partial charge in [0.25, 0.3) is 0 Å².